The number of hydrogen-bond donors (Lipinski definition) is 0. The van der Waals surface area contributed by atoms with Gasteiger partial charge in [-0.05, 0) is 18.4 Å². The monoisotopic (exact) mass is 183 g/mol. The molecule has 0 saturated carbocycles. The van der Waals surface area contributed by atoms with E-state index in [1.165, 1.54) is 0 Å². The summed E-state index contributed by atoms with van der Waals surface area (Å²) in [5.74, 6) is 0.194. The van der Waals surface area contributed by atoms with Crippen molar-refractivity contribution in [2.24, 2.45) is 5.11 Å². The maximum Gasteiger partial charge on any atom is 0.161 e. The average Bonchev–Trinajstić information content (AvgIpc) is 2.51. The Morgan fingerprint density at radius 3 is 3.08 bits per heavy atom. The third-order valence-electron chi connectivity index (χ3n) is 2.03. The van der Waals surface area contributed by atoms with Crippen molar-refractivity contribution in [1.29, 1.82) is 0 Å². The van der Waals surface area contributed by atoms with Gasteiger partial charge in [-0.2, -0.15) is 0 Å². The van der Waals surface area contributed by atoms with Crippen LogP contribution in [0.3, 0.4) is 0 Å². The molecule has 0 amide bonds. The molecular weight excluding hydrogens is 170 g/mol. The zero-order chi connectivity index (χ0) is 9.52. The van der Waals surface area contributed by atoms with Crippen LogP contribution in [0.25, 0.3) is 10.4 Å². The second-order valence-electron chi connectivity index (χ2n) is 3.13. The van der Waals surface area contributed by atoms with Gasteiger partial charge < -0.3 is 4.74 Å². The maximum atomic E-state index is 10.8. The largest absolute Gasteiger partial charge is 0.370 e. The SMILES string of the molecule is [N-]=[N+]=NCCCCC1CC(=O)CO1. The van der Waals surface area contributed by atoms with E-state index < -0.39 is 0 Å². The van der Waals surface area contributed by atoms with Gasteiger partial charge in [0.2, 0.25) is 0 Å². The molecule has 13 heavy (non-hydrogen) atoms. The van der Waals surface area contributed by atoms with E-state index in [1.807, 2.05) is 0 Å². The normalized spacial score (nSPS) is 21.5. The van der Waals surface area contributed by atoms with Crippen molar-refractivity contribution in [1.82, 2.24) is 0 Å². The highest BCUT2D eigenvalue weighted by molar-refractivity contribution is 5.81. The van der Waals surface area contributed by atoms with Gasteiger partial charge >= 0.3 is 0 Å². The predicted octanol–water partition coefficient (Wildman–Crippen LogP) is 1.82. The number of hydrogen-bond acceptors (Lipinski definition) is 3. The first-order chi connectivity index (χ1) is 6.33. The van der Waals surface area contributed by atoms with Crippen LogP contribution in [0.15, 0.2) is 5.11 Å². The molecule has 0 radical (unpaired) electrons. The Hall–Kier alpha value is -1.06. The van der Waals surface area contributed by atoms with Crippen LogP contribution < -0.4 is 0 Å². The highest BCUT2D eigenvalue weighted by Gasteiger charge is 2.21. The van der Waals surface area contributed by atoms with E-state index in [9.17, 15) is 4.79 Å². The van der Waals surface area contributed by atoms with Crippen molar-refractivity contribution < 1.29 is 9.53 Å². The topological polar surface area (TPSA) is 75.1 Å². The Morgan fingerprint density at radius 2 is 2.46 bits per heavy atom. The van der Waals surface area contributed by atoms with Crippen molar-refractivity contribution >= 4 is 5.78 Å². The lowest BCUT2D eigenvalue weighted by atomic mass is 10.1. The van der Waals surface area contributed by atoms with Crippen molar-refractivity contribution in [2.75, 3.05) is 13.2 Å². The Labute approximate surface area is 76.7 Å². The lowest BCUT2D eigenvalue weighted by Gasteiger charge is -2.05. The van der Waals surface area contributed by atoms with Crippen LogP contribution in [0.1, 0.15) is 25.7 Å². The Kier molecular flexibility index (Phi) is 4.29. The van der Waals surface area contributed by atoms with E-state index in [4.69, 9.17) is 10.3 Å². The minimum absolute atomic E-state index is 0.110. The van der Waals surface area contributed by atoms with Crippen LogP contribution in [0, 0.1) is 0 Å². The summed E-state index contributed by atoms with van der Waals surface area (Å²) in [7, 11) is 0. The van der Waals surface area contributed by atoms with E-state index >= 15 is 0 Å². The number of ether oxygens (including phenoxy) is 1. The standard InChI is InChI=1S/C8H13N3O2/c9-11-10-4-2-1-3-8-5-7(12)6-13-8/h8H,1-6H2. The Bertz CT molecular complexity index is 223. The fourth-order valence-electron chi connectivity index (χ4n) is 1.37. The number of carbonyl (C=O) groups is 1. The molecule has 5 heteroatoms. The molecule has 1 fully saturated rings. The van der Waals surface area contributed by atoms with Crippen LogP contribution in [-0.4, -0.2) is 25.0 Å². The molecule has 0 aromatic carbocycles. The molecule has 0 aromatic heterocycles. The summed E-state index contributed by atoms with van der Waals surface area (Å²) >= 11 is 0. The summed E-state index contributed by atoms with van der Waals surface area (Å²) in [5.41, 5.74) is 8.00. The summed E-state index contributed by atoms with van der Waals surface area (Å²) < 4.78 is 5.22. The van der Waals surface area contributed by atoms with Gasteiger partial charge in [-0.15, -0.1) is 0 Å². The van der Waals surface area contributed by atoms with Crippen LogP contribution in [0.2, 0.25) is 0 Å². The molecule has 1 rings (SSSR count). The molecule has 72 valence electrons. The van der Waals surface area contributed by atoms with Gasteiger partial charge in [0, 0.05) is 17.9 Å². The molecule has 5 nitrogen and oxygen atoms in total. The van der Waals surface area contributed by atoms with Gasteiger partial charge in [0.25, 0.3) is 0 Å². The van der Waals surface area contributed by atoms with Crippen LogP contribution in [-0.2, 0) is 9.53 Å². The van der Waals surface area contributed by atoms with Crippen molar-refractivity contribution in [3.63, 3.8) is 0 Å². The second-order valence-corrected chi connectivity index (χ2v) is 3.13. The molecule has 0 aliphatic carbocycles. The molecule has 0 N–H and O–H groups in total. The van der Waals surface area contributed by atoms with Crippen molar-refractivity contribution in [2.45, 2.75) is 31.8 Å². The highest BCUT2D eigenvalue weighted by atomic mass is 16.5. The molecule has 1 unspecified atom stereocenters. The number of carbonyl (C=O) groups excluding carboxylic acids is 1. The summed E-state index contributed by atoms with van der Waals surface area (Å²) in [6, 6.07) is 0. The quantitative estimate of drug-likeness (QED) is 0.282. The van der Waals surface area contributed by atoms with Gasteiger partial charge in [0.15, 0.2) is 5.78 Å². The zero-order valence-electron chi connectivity index (χ0n) is 7.48. The predicted molar refractivity (Wildman–Crippen MR) is 47.2 cm³/mol. The number of azide groups is 1. The van der Waals surface area contributed by atoms with Gasteiger partial charge in [-0.1, -0.05) is 11.5 Å². The van der Waals surface area contributed by atoms with Gasteiger partial charge in [0.1, 0.15) is 6.61 Å². The fraction of sp³-hybridized carbons (Fsp3) is 0.875. The van der Waals surface area contributed by atoms with Gasteiger partial charge in [-0.25, -0.2) is 0 Å². The lowest BCUT2D eigenvalue weighted by Crippen LogP contribution is -2.04. The molecule has 1 aliphatic heterocycles. The second kappa shape index (κ2) is 5.56. The minimum Gasteiger partial charge on any atom is -0.370 e. The average molecular weight is 183 g/mol. The van der Waals surface area contributed by atoms with Crippen LogP contribution >= 0.6 is 0 Å². The maximum absolute atomic E-state index is 10.8. The Morgan fingerprint density at radius 1 is 1.62 bits per heavy atom. The first-order valence-electron chi connectivity index (χ1n) is 4.47. The van der Waals surface area contributed by atoms with E-state index in [2.05, 4.69) is 10.0 Å². The van der Waals surface area contributed by atoms with Crippen molar-refractivity contribution in [3.05, 3.63) is 10.4 Å². The molecule has 0 bridgehead atoms. The molecule has 0 spiro atoms. The van der Waals surface area contributed by atoms with E-state index in [0.29, 0.717) is 13.0 Å². The van der Waals surface area contributed by atoms with Gasteiger partial charge in [-0.3, -0.25) is 4.79 Å². The number of rotatable bonds is 5. The van der Waals surface area contributed by atoms with Crippen molar-refractivity contribution in [3.8, 4) is 0 Å². The molecule has 1 heterocycles. The molecule has 1 aliphatic rings. The van der Waals surface area contributed by atoms with E-state index in [0.717, 1.165) is 19.3 Å². The third kappa shape index (κ3) is 3.92. The molecule has 1 atom stereocenters. The summed E-state index contributed by atoms with van der Waals surface area (Å²) in [6.45, 7) is 0.818. The van der Waals surface area contributed by atoms with Crippen LogP contribution in [0.4, 0.5) is 0 Å². The first-order valence-corrected chi connectivity index (χ1v) is 4.47. The lowest BCUT2D eigenvalue weighted by molar-refractivity contribution is -0.117. The van der Waals surface area contributed by atoms with Crippen LogP contribution in [0.5, 0.6) is 0 Å². The smallest absolute Gasteiger partial charge is 0.161 e. The number of Topliss-reactive ketones (excluding diaryl/α,β-unsaturated/α-hetero) is 1. The first kappa shape index (κ1) is 10.0. The number of ketones is 1. The molecule has 1 saturated heterocycles. The van der Waals surface area contributed by atoms with E-state index in [1.54, 1.807) is 0 Å². The Balaban J connectivity index is 2.00. The summed E-state index contributed by atoms with van der Waals surface area (Å²) in [5, 5.41) is 3.42. The third-order valence-corrected chi connectivity index (χ3v) is 2.03. The highest BCUT2D eigenvalue weighted by Crippen LogP contribution is 2.15. The summed E-state index contributed by atoms with van der Waals surface area (Å²) in [6.07, 6.45) is 3.39. The molecule has 0 aromatic rings. The summed E-state index contributed by atoms with van der Waals surface area (Å²) in [4.78, 5) is 13.5. The number of nitrogens with zero attached hydrogens (tertiary/aromatic N) is 3. The zero-order valence-corrected chi connectivity index (χ0v) is 7.48. The fourth-order valence-corrected chi connectivity index (χ4v) is 1.37. The number of unbranched alkanes of at least 4 members (excludes halogenated alkanes) is 1. The minimum atomic E-state index is 0.110. The molecular formula is C8H13N3O2. The van der Waals surface area contributed by atoms with Gasteiger partial charge in [0.05, 0.1) is 6.10 Å². The van der Waals surface area contributed by atoms with E-state index in [-0.39, 0.29) is 18.5 Å².